The highest BCUT2D eigenvalue weighted by atomic mass is 16.6. The summed E-state index contributed by atoms with van der Waals surface area (Å²) >= 11 is 0. The third-order valence-electron chi connectivity index (χ3n) is 17.0. The minimum Gasteiger partial charge on any atom is -0.462 e. The number of hydrogen-bond donors (Lipinski definition) is 0. The molecule has 0 bridgehead atoms. The fourth-order valence-electron chi connectivity index (χ4n) is 11.5. The zero-order chi connectivity index (χ0) is 57.8. The van der Waals surface area contributed by atoms with Crippen molar-refractivity contribution in [3.8, 4) is 0 Å². The highest BCUT2D eigenvalue weighted by molar-refractivity contribution is 5.71. The van der Waals surface area contributed by atoms with Crippen LogP contribution in [0.15, 0.2) is 12.2 Å². The first kappa shape index (κ1) is 78.1. The maximum absolute atomic E-state index is 13.0. The van der Waals surface area contributed by atoms with Crippen molar-refractivity contribution in [2.24, 2.45) is 0 Å². The second kappa shape index (κ2) is 69.6. The van der Waals surface area contributed by atoms with Gasteiger partial charge in [-0.05, 0) is 44.9 Å². The van der Waals surface area contributed by atoms with Gasteiger partial charge in [0.05, 0.1) is 0 Å². The molecule has 0 fully saturated rings. The van der Waals surface area contributed by atoms with Crippen molar-refractivity contribution in [2.75, 3.05) is 13.2 Å². The molecule has 0 aromatic rings. The van der Waals surface area contributed by atoms with Crippen molar-refractivity contribution in [3.63, 3.8) is 0 Å². The van der Waals surface area contributed by atoms with E-state index < -0.39 is 6.10 Å². The van der Waals surface area contributed by atoms with E-state index in [1.54, 1.807) is 0 Å². The van der Waals surface area contributed by atoms with Gasteiger partial charge in [-0.2, -0.15) is 0 Å². The van der Waals surface area contributed by atoms with E-state index in [-0.39, 0.29) is 31.1 Å². The zero-order valence-corrected chi connectivity index (χ0v) is 54.6. The minimum absolute atomic E-state index is 0.0625. The molecule has 1 atom stereocenters. The SMILES string of the molecule is CCCCCCCCCC/C=C\CCCCCCCCCCCCCC(=O)OCC(COC(=O)CCCCCCCCCCCCCCCCCCCC)OC(=O)CCCCCCCCCCCCCCCCCCCCCCC. The van der Waals surface area contributed by atoms with Crippen LogP contribution in [-0.4, -0.2) is 37.2 Å². The molecule has 1 unspecified atom stereocenters. The van der Waals surface area contributed by atoms with Crippen molar-refractivity contribution in [2.45, 2.75) is 431 Å². The Bertz CT molecular complexity index is 1250. The summed E-state index contributed by atoms with van der Waals surface area (Å²) in [5, 5.41) is 0. The Balaban J connectivity index is 4.27. The fraction of sp³-hybridized carbons (Fsp3) is 0.932. The topological polar surface area (TPSA) is 78.9 Å². The van der Waals surface area contributed by atoms with Crippen LogP contribution < -0.4 is 0 Å². The van der Waals surface area contributed by atoms with Crippen molar-refractivity contribution in [3.05, 3.63) is 12.2 Å². The molecule has 0 radical (unpaired) electrons. The molecular weight excluding hydrogens is 985 g/mol. The lowest BCUT2D eigenvalue weighted by molar-refractivity contribution is -0.167. The summed E-state index contributed by atoms with van der Waals surface area (Å²) in [6.07, 6.45) is 83.8. The third-order valence-corrected chi connectivity index (χ3v) is 17.0. The van der Waals surface area contributed by atoms with Crippen molar-refractivity contribution >= 4 is 17.9 Å². The van der Waals surface area contributed by atoms with Gasteiger partial charge in [0, 0.05) is 19.3 Å². The Morgan fingerprint density at radius 2 is 0.412 bits per heavy atom. The zero-order valence-electron chi connectivity index (χ0n) is 54.6. The molecule has 6 heteroatoms. The maximum Gasteiger partial charge on any atom is 0.306 e. The van der Waals surface area contributed by atoms with Gasteiger partial charge in [0.15, 0.2) is 6.10 Å². The molecule has 0 saturated carbocycles. The van der Waals surface area contributed by atoms with Gasteiger partial charge >= 0.3 is 17.9 Å². The number of rotatable bonds is 69. The van der Waals surface area contributed by atoms with Crippen LogP contribution in [0.25, 0.3) is 0 Å². The van der Waals surface area contributed by atoms with Gasteiger partial charge in [-0.1, -0.05) is 373 Å². The predicted molar refractivity (Wildman–Crippen MR) is 349 cm³/mol. The normalized spacial score (nSPS) is 12.0. The fourth-order valence-corrected chi connectivity index (χ4v) is 11.5. The Kier molecular flexibility index (Phi) is 68.0. The molecule has 0 aromatic carbocycles. The standard InChI is InChI=1S/C74H142O6/c1-4-7-10-13-16-19-22-25-28-31-34-36-37-39-40-43-46-49-52-55-58-61-64-67-73(76)79-70-71(69-78-72(75)66-63-60-57-54-51-48-45-42-33-30-27-24-21-18-15-12-9-6-3)80-74(77)68-65-62-59-56-53-50-47-44-41-38-35-32-29-26-23-20-17-14-11-8-5-2/h31,34,71H,4-30,32-33,35-70H2,1-3H3/b34-31-. The maximum atomic E-state index is 13.0. The molecule has 0 heterocycles. The van der Waals surface area contributed by atoms with Crippen LogP contribution >= 0.6 is 0 Å². The molecule has 0 amide bonds. The van der Waals surface area contributed by atoms with Crippen LogP contribution in [0.3, 0.4) is 0 Å². The highest BCUT2D eigenvalue weighted by Gasteiger charge is 2.20. The summed E-state index contributed by atoms with van der Waals surface area (Å²) in [6, 6.07) is 0. The summed E-state index contributed by atoms with van der Waals surface area (Å²) in [7, 11) is 0. The lowest BCUT2D eigenvalue weighted by atomic mass is 10.0. The molecule has 80 heavy (non-hydrogen) atoms. The molecule has 0 rings (SSSR count). The summed E-state index contributed by atoms with van der Waals surface area (Å²) in [5.74, 6) is -0.823. The van der Waals surface area contributed by atoms with Gasteiger partial charge in [-0.3, -0.25) is 14.4 Å². The second-order valence-electron chi connectivity index (χ2n) is 25.2. The van der Waals surface area contributed by atoms with Crippen molar-refractivity contribution in [1.29, 1.82) is 0 Å². The number of ether oxygens (including phenoxy) is 3. The van der Waals surface area contributed by atoms with E-state index in [2.05, 4.69) is 32.9 Å². The van der Waals surface area contributed by atoms with Gasteiger partial charge in [-0.15, -0.1) is 0 Å². The quantitative estimate of drug-likeness (QED) is 0.0261. The first-order valence-electron chi connectivity index (χ1n) is 36.7. The molecule has 6 nitrogen and oxygen atoms in total. The molecule has 0 saturated heterocycles. The summed E-state index contributed by atoms with van der Waals surface area (Å²) in [5.41, 5.74) is 0. The van der Waals surface area contributed by atoms with Crippen molar-refractivity contribution < 1.29 is 28.6 Å². The van der Waals surface area contributed by atoms with Crippen molar-refractivity contribution in [1.82, 2.24) is 0 Å². The lowest BCUT2D eigenvalue weighted by Crippen LogP contribution is -2.30. The van der Waals surface area contributed by atoms with Crippen LogP contribution in [0.4, 0.5) is 0 Å². The van der Waals surface area contributed by atoms with E-state index in [1.807, 2.05) is 0 Å². The number of esters is 3. The molecule has 474 valence electrons. The van der Waals surface area contributed by atoms with Crippen LogP contribution in [-0.2, 0) is 28.6 Å². The van der Waals surface area contributed by atoms with Crippen LogP contribution in [0, 0.1) is 0 Å². The van der Waals surface area contributed by atoms with E-state index in [4.69, 9.17) is 14.2 Å². The van der Waals surface area contributed by atoms with Crippen LogP contribution in [0.1, 0.15) is 425 Å². The third kappa shape index (κ3) is 66.9. The summed E-state index contributed by atoms with van der Waals surface area (Å²) in [4.78, 5) is 38.5. The molecule has 0 N–H and O–H groups in total. The van der Waals surface area contributed by atoms with Crippen LogP contribution in [0.2, 0.25) is 0 Å². The van der Waals surface area contributed by atoms with Gasteiger partial charge in [-0.25, -0.2) is 0 Å². The number of allylic oxidation sites excluding steroid dienone is 2. The molecule has 0 aliphatic heterocycles. The minimum atomic E-state index is -0.767. The van der Waals surface area contributed by atoms with E-state index >= 15 is 0 Å². The number of carbonyl (C=O) groups is 3. The van der Waals surface area contributed by atoms with E-state index in [0.29, 0.717) is 19.3 Å². The van der Waals surface area contributed by atoms with Gasteiger partial charge in [0.25, 0.3) is 0 Å². The number of hydrogen-bond acceptors (Lipinski definition) is 6. The number of unbranched alkanes of at least 4 members (excludes halogenated alkanes) is 56. The largest absolute Gasteiger partial charge is 0.462 e. The average molecular weight is 1130 g/mol. The number of carbonyl (C=O) groups excluding carboxylic acids is 3. The lowest BCUT2D eigenvalue weighted by Gasteiger charge is -2.18. The van der Waals surface area contributed by atoms with Gasteiger partial charge in [0.1, 0.15) is 13.2 Å². The van der Waals surface area contributed by atoms with Gasteiger partial charge < -0.3 is 14.2 Å². The van der Waals surface area contributed by atoms with Gasteiger partial charge in [0.2, 0.25) is 0 Å². The smallest absolute Gasteiger partial charge is 0.306 e. The molecule has 0 aromatic heterocycles. The van der Waals surface area contributed by atoms with E-state index in [0.717, 1.165) is 57.8 Å². The monoisotopic (exact) mass is 1130 g/mol. The Hall–Kier alpha value is -1.85. The summed E-state index contributed by atoms with van der Waals surface area (Å²) in [6.45, 7) is 6.74. The highest BCUT2D eigenvalue weighted by Crippen LogP contribution is 2.19. The predicted octanol–water partition coefficient (Wildman–Crippen LogP) is 25.2. The Morgan fingerprint density at radius 3 is 0.625 bits per heavy atom. The van der Waals surface area contributed by atoms with E-state index in [1.165, 1.54) is 327 Å². The van der Waals surface area contributed by atoms with E-state index in [9.17, 15) is 14.4 Å². The Labute approximate surface area is 501 Å². The second-order valence-corrected chi connectivity index (χ2v) is 25.2. The molecule has 0 spiro atoms. The first-order valence-corrected chi connectivity index (χ1v) is 36.7. The first-order chi connectivity index (χ1) is 39.5. The van der Waals surface area contributed by atoms with Crippen LogP contribution in [0.5, 0.6) is 0 Å². The molecule has 0 aliphatic carbocycles. The molecular formula is C74H142O6. The molecule has 0 aliphatic rings. The Morgan fingerprint density at radius 1 is 0.237 bits per heavy atom. The summed E-state index contributed by atoms with van der Waals surface area (Å²) < 4.78 is 17.0. The average Bonchev–Trinajstić information content (AvgIpc) is 3.46.